The minimum absolute atomic E-state index is 0.270. The summed E-state index contributed by atoms with van der Waals surface area (Å²) in [6.07, 6.45) is 4.98. The van der Waals surface area contributed by atoms with Crippen LogP contribution >= 0.6 is 0 Å². The van der Waals surface area contributed by atoms with Crippen LogP contribution < -0.4 is 5.32 Å². The first-order chi connectivity index (χ1) is 14.1. The highest BCUT2D eigenvalue weighted by molar-refractivity contribution is 5.67. The van der Waals surface area contributed by atoms with Crippen LogP contribution in [0, 0.1) is 5.92 Å². The fourth-order valence-electron chi connectivity index (χ4n) is 4.31. The zero-order valence-electron chi connectivity index (χ0n) is 17.3. The fraction of sp³-hybridized carbons (Fsp3) is 0.696. The molecule has 0 atom stereocenters. The Bertz CT molecular complexity index is 651. The Hall–Kier alpha value is -1.66. The highest BCUT2D eigenvalue weighted by atomic mass is 19.1. The lowest BCUT2D eigenvalue weighted by molar-refractivity contribution is 0.0324. The summed E-state index contributed by atoms with van der Waals surface area (Å²) in [5, 5.41) is 3.28. The second kappa shape index (κ2) is 9.43. The van der Waals surface area contributed by atoms with E-state index in [9.17, 15) is 9.18 Å². The number of halogens is 1. The standard InChI is InChI=1S/C23H34FN3O2/c24-23(18-25-21-6-7-21)10-14-27(15-11-23)22(28)29-17-20-8-12-26(13-9-20)16-19-4-2-1-3-5-19/h1-5,20-21,25H,6-18H2. The van der Waals surface area contributed by atoms with Crippen LogP contribution in [0.1, 0.15) is 44.1 Å². The van der Waals surface area contributed by atoms with Crippen molar-refractivity contribution < 1.29 is 13.9 Å². The molecule has 1 aromatic rings. The number of ether oxygens (including phenoxy) is 1. The molecule has 2 heterocycles. The molecule has 0 radical (unpaired) electrons. The number of hydrogen-bond donors (Lipinski definition) is 1. The van der Waals surface area contributed by atoms with Gasteiger partial charge in [0, 0.05) is 45.1 Å². The van der Waals surface area contributed by atoms with Gasteiger partial charge < -0.3 is 15.0 Å². The van der Waals surface area contributed by atoms with Crippen LogP contribution in [0.4, 0.5) is 9.18 Å². The largest absolute Gasteiger partial charge is 0.449 e. The van der Waals surface area contributed by atoms with E-state index in [1.165, 1.54) is 18.4 Å². The number of likely N-dealkylation sites (tertiary alicyclic amines) is 2. The van der Waals surface area contributed by atoms with E-state index in [-0.39, 0.29) is 6.09 Å². The molecule has 3 aliphatic rings. The molecule has 1 aliphatic carbocycles. The van der Waals surface area contributed by atoms with E-state index in [0.717, 1.165) is 32.5 Å². The Morgan fingerprint density at radius 2 is 1.76 bits per heavy atom. The Morgan fingerprint density at radius 3 is 2.41 bits per heavy atom. The number of nitrogens with one attached hydrogen (secondary N) is 1. The molecule has 1 amide bonds. The molecule has 2 aliphatic heterocycles. The maximum Gasteiger partial charge on any atom is 0.409 e. The minimum Gasteiger partial charge on any atom is -0.449 e. The van der Waals surface area contributed by atoms with Crippen molar-refractivity contribution in [1.29, 1.82) is 0 Å². The molecule has 29 heavy (non-hydrogen) atoms. The molecule has 1 N–H and O–H groups in total. The summed E-state index contributed by atoms with van der Waals surface area (Å²) >= 11 is 0. The van der Waals surface area contributed by atoms with Crippen LogP contribution in [0.15, 0.2) is 30.3 Å². The van der Waals surface area contributed by atoms with Crippen LogP contribution in [0.25, 0.3) is 0 Å². The monoisotopic (exact) mass is 403 g/mol. The summed E-state index contributed by atoms with van der Waals surface area (Å²) in [4.78, 5) is 16.5. The van der Waals surface area contributed by atoms with Gasteiger partial charge in [-0.3, -0.25) is 4.90 Å². The highest BCUT2D eigenvalue weighted by Gasteiger charge is 2.37. The third kappa shape index (κ3) is 6.16. The van der Waals surface area contributed by atoms with Gasteiger partial charge >= 0.3 is 6.09 Å². The Labute approximate surface area is 173 Å². The molecule has 1 saturated carbocycles. The number of carbonyl (C=O) groups is 1. The predicted molar refractivity (Wildman–Crippen MR) is 111 cm³/mol. The van der Waals surface area contributed by atoms with Gasteiger partial charge in [-0.25, -0.2) is 9.18 Å². The van der Waals surface area contributed by atoms with E-state index < -0.39 is 5.67 Å². The number of rotatable bonds is 7. The minimum atomic E-state index is -1.18. The first-order valence-corrected chi connectivity index (χ1v) is 11.2. The number of alkyl halides is 1. The van der Waals surface area contributed by atoms with Crippen LogP contribution in [0.2, 0.25) is 0 Å². The topological polar surface area (TPSA) is 44.8 Å². The average Bonchev–Trinajstić information content (AvgIpc) is 3.58. The molecule has 6 heteroatoms. The van der Waals surface area contributed by atoms with Gasteiger partial charge in [0.1, 0.15) is 5.67 Å². The summed E-state index contributed by atoms with van der Waals surface area (Å²) in [7, 11) is 0. The van der Waals surface area contributed by atoms with Gasteiger partial charge in [0.2, 0.25) is 0 Å². The molecule has 0 unspecified atom stereocenters. The molecule has 1 aromatic carbocycles. The number of hydrogen-bond acceptors (Lipinski definition) is 4. The lowest BCUT2D eigenvalue weighted by Gasteiger charge is -2.36. The van der Waals surface area contributed by atoms with Gasteiger partial charge in [-0.1, -0.05) is 30.3 Å². The van der Waals surface area contributed by atoms with Crippen molar-refractivity contribution >= 4 is 6.09 Å². The first-order valence-electron chi connectivity index (χ1n) is 11.2. The number of nitrogens with zero attached hydrogens (tertiary/aromatic N) is 2. The third-order valence-electron chi connectivity index (χ3n) is 6.60. The summed E-state index contributed by atoms with van der Waals surface area (Å²) in [5.41, 5.74) is 0.170. The molecule has 0 spiro atoms. The van der Waals surface area contributed by atoms with E-state index in [1.807, 2.05) is 6.07 Å². The number of carbonyl (C=O) groups excluding carboxylic acids is 1. The van der Waals surface area contributed by atoms with Gasteiger partial charge in [-0.15, -0.1) is 0 Å². The van der Waals surface area contributed by atoms with E-state index in [2.05, 4.69) is 34.5 Å². The molecule has 4 rings (SSSR count). The van der Waals surface area contributed by atoms with Crippen molar-refractivity contribution in [1.82, 2.24) is 15.1 Å². The molecule has 0 aromatic heterocycles. The zero-order chi connectivity index (χ0) is 20.1. The van der Waals surface area contributed by atoms with Gasteiger partial charge in [0.15, 0.2) is 0 Å². The van der Waals surface area contributed by atoms with Gasteiger partial charge in [0.05, 0.1) is 6.61 Å². The smallest absolute Gasteiger partial charge is 0.409 e. The summed E-state index contributed by atoms with van der Waals surface area (Å²) < 4.78 is 20.4. The van der Waals surface area contributed by atoms with Gasteiger partial charge in [-0.05, 0) is 50.3 Å². The quantitative estimate of drug-likeness (QED) is 0.756. The Kier molecular flexibility index (Phi) is 6.70. The van der Waals surface area contributed by atoms with Crippen molar-refractivity contribution in [3.63, 3.8) is 0 Å². The molecule has 2 saturated heterocycles. The number of amides is 1. The lowest BCUT2D eigenvalue weighted by atomic mass is 9.93. The Morgan fingerprint density at radius 1 is 1.07 bits per heavy atom. The molecule has 160 valence electrons. The normalized spacial score (nSPS) is 23.1. The predicted octanol–water partition coefficient (Wildman–Crippen LogP) is 3.59. The van der Waals surface area contributed by atoms with Crippen LogP contribution in [0.5, 0.6) is 0 Å². The maximum atomic E-state index is 14.8. The SMILES string of the molecule is O=C(OCC1CCN(Cc2ccccc2)CC1)N1CCC(F)(CNC2CC2)CC1. The van der Waals surface area contributed by atoms with Gasteiger partial charge in [-0.2, -0.15) is 0 Å². The van der Waals surface area contributed by atoms with Crippen LogP contribution in [0.3, 0.4) is 0 Å². The van der Waals surface area contributed by atoms with E-state index in [1.54, 1.807) is 4.90 Å². The van der Waals surface area contributed by atoms with E-state index >= 15 is 0 Å². The van der Waals surface area contributed by atoms with Crippen LogP contribution in [-0.2, 0) is 11.3 Å². The second-order valence-electron chi connectivity index (χ2n) is 9.08. The summed E-state index contributed by atoms with van der Waals surface area (Å²) in [5.74, 6) is 0.429. The van der Waals surface area contributed by atoms with Crippen molar-refractivity contribution in [3.05, 3.63) is 35.9 Å². The molecule has 0 bridgehead atoms. The molecular weight excluding hydrogens is 369 g/mol. The van der Waals surface area contributed by atoms with E-state index in [0.29, 0.717) is 51.0 Å². The van der Waals surface area contributed by atoms with Crippen molar-refractivity contribution in [2.45, 2.75) is 56.8 Å². The number of benzene rings is 1. The first kappa shape index (κ1) is 20.6. The third-order valence-corrected chi connectivity index (χ3v) is 6.60. The lowest BCUT2D eigenvalue weighted by Crippen LogP contribution is -2.49. The highest BCUT2D eigenvalue weighted by Crippen LogP contribution is 2.28. The van der Waals surface area contributed by atoms with Crippen LogP contribution in [-0.4, -0.2) is 66.9 Å². The molecule has 5 nitrogen and oxygen atoms in total. The second-order valence-corrected chi connectivity index (χ2v) is 9.08. The van der Waals surface area contributed by atoms with Crippen molar-refractivity contribution in [2.24, 2.45) is 5.92 Å². The van der Waals surface area contributed by atoms with Crippen molar-refractivity contribution in [3.8, 4) is 0 Å². The molecular formula is C23H34FN3O2. The number of piperidine rings is 2. The Balaban J connectivity index is 1.12. The fourth-order valence-corrected chi connectivity index (χ4v) is 4.31. The van der Waals surface area contributed by atoms with Gasteiger partial charge in [0.25, 0.3) is 0 Å². The van der Waals surface area contributed by atoms with E-state index in [4.69, 9.17) is 4.74 Å². The average molecular weight is 404 g/mol. The maximum absolute atomic E-state index is 14.8. The summed E-state index contributed by atoms with van der Waals surface area (Å²) in [6.45, 7) is 4.88. The van der Waals surface area contributed by atoms with Crippen molar-refractivity contribution in [2.75, 3.05) is 39.3 Å². The zero-order valence-corrected chi connectivity index (χ0v) is 17.3. The molecule has 3 fully saturated rings. The summed E-state index contributed by atoms with van der Waals surface area (Å²) in [6, 6.07) is 11.1.